The standard InChI is InChI=1S/C17H22N4O/c1-3-13-4-6-15(7-5-13)19-17(22)12(2)21-9-8-16-14(11-21)10-18-20-16/h4-7,10,12H,3,8-9,11H2,1-2H3,(H,18,20)(H,19,22)/t12-/m0/s1. The van der Waals surface area contributed by atoms with Gasteiger partial charge in [-0.05, 0) is 31.0 Å². The van der Waals surface area contributed by atoms with Crippen molar-refractivity contribution in [1.82, 2.24) is 15.1 Å². The molecule has 0 fully saturated rings. The van der Waals surface area contributed by atoms with Gasteiger partial charge in [-0.3, -0.25) is 14.8 Å². The number of aromatic amines is 1. The van der Waals surface area contributed by atoms with Gasteiger partial charge in [0.1, 0.15) is 0 Å². The van der Waals surface area contributed by atoms with Crippen molar-refractivity contribution in [2.24, 2.45) is 0 Å². The number of carbonyl (C=O) groups is 1. The molecule has 1 aromatic carbocycles. The molecule has 1 atom stereocenters. The molecule has 0 saturated carbocycles. The van der Waals surface area contributed by atoms with Crippen molar-refractivity contribution in [3.63, 3.8) is 0 Å². The zero-order valence-corrected chi connectivity index (χ0v) is 13.1. The van der Waals surface area contributed by atoms with Crippen molar-refractivity contribution < 1.29 is 4.79 Å². The van der Waals surface area contributed by atoms with E-state index in [1.807, 2.05) is 25.3 Å². The minimum absolute atomic E-state index is 0.0381. The van der Waals surface area contributed by atoms with Crippen LogP contribution in [0.1, 0.15) is 30.7 Å². The second-order valence-corrected chi connectivity index (χ2v) is 5.81. The predicted molar refractivity (Wildman–Crippen MR) is 86.6 cm³/mol. The third kappa shape index (κ3) is 3.04. The summed E-state index contributed by atoms with van der Waals surface area (Å²) in [7, 11) is 0. The van der Waals surface area contributed by atoms with Crippen LogP contribution >= 0.6 is 0 Å². The van der Waals surface area contributed by atoms with Crippen LogP contribution in [0.4, 0.5) is 5.69 Å². The Kier molecular flexibility index (Phi) is 4.24. The van der Waals surface area contributed by atoms with Gasteiger partial charge in [-0.25, -0.2) is 0 Å². The maximum absolute atomic E-state index is 12.4. The van der Waals surface area contributed by atoms with Gasteiger partial charge in [-0.2, -0.15) is 5.10 Å². The smallest absolute Gasteiger partial charge is 0.241 e. The Morgan fingerprint density at radius 3 is 2.91 bits per heavy atom. The molecule has 1 aromatic heterocycles. The molecule has 1 aliphatic rings. The van der Waals surface area contributed by atoms with E-state index in [1.54, 1.807) is 0 Å². The normalized spacial score (nSPS) is 16.1. The second-order valence-electron chi connectivity index (χ2n) is 5.81. The highest BCUT2D eigenvalue weighted by atomic mass is 16.2. The molecule has 0 bridgehead atoms. The lowest BCUT2D eigenvalue weighted by molar-refractivity contribution is -0.121. The lowest BCUT2D eigenvalue weighted by Crippen LogP contribution is -2.44. The Bertz CT molecular complexity index is 647. The quantitative estimate of drug-likeness (QED) is 0.911. The van der Waals surface area contributed by atoms with E-state index in [2.05, 4.69) is 39.5 Å². The van der Waals surface area contributed by atoms with Crippen molar-refractivity contribution in [3.8, 4) is 0 Å². The first-order chi connectivity index (χ1) is 10.7. The first-order valence-corrected chi connectivity index (χ1v) is 7.82. The summed E-state index contributed by atoms with van der Waals surface area (Å²) in [6, 6.07) is 7.88. The molecule has 0 radical (unpaired) electrons. The van der Waals surface area contributed by atoms with Crippen LogP contribution in [0.3, 0.4) is 0 Å². The number of hydrogen-bond donors (Lipinski definition) is 2. The zero-order chi connectivity index (χ0) is 15.5. The van der Waals surface area contributed by atoms with E-state index in [0.717, 1.165) is 31.6 Å². The van der Waals surface area contributed by atoms with E-state index in [1.165, 1.54) is 16.8 Å². The lowest BCUT2D eigenvalue weighted by atomic mass is 10.1. The van der Waals surface area contributed by atoms with Crippen molar-refractivity contribution in [2.75, 3.05) is 11.9 Å². The van der Waals surface area contributed by atoms with Crippen LogP contribution in [0.5, 0.6) is 0 Å². The van der Waals surface area contributed by atoms with E-state index in [-0.39, 0.29) is 11.9 Å². The number of carbonyl (C=O) groups excluding carboxylic acids is 1. The minimum Gasteiger partial charge on any atom is -0.325 e. The largest absolute Gasteiger partial charge is 0.325 e. The maximum Gasteiger partial charge on any atom is 0.241 e. The van der Waals surface area contributed by atoms with Crippen LogP contribution in [0, 0.1) is 0 Å². The molecule has 1 amide bonds. The molecule has 2 heterocycles. The van der Waals surface area contributed by atoms with Gasteiger partial charge in [-0.15, -0.1) is 0 Å². The van der Waals surface area contributed by atoms with Crippen molar-refractivity contribution in [3.05, 3.63) is 47.3 Å². The fraction of sp³-hybridized carbons (Fsp3) is 0.412. The molecule has 3 rings (SSSR count). The summed E-state index contributed by atoms with van der Waals surface area (Å²) in [5.74, 6) is 0.0381. The van der Waals surface area contributed by atoms with Crippen molar-refractivity contribution in [2.45, 2.75) is 39.3 Å². The lowest BCUT2D eigenvalue weighted by Gasteiger charge is -2.31. The average molecular weight is 298 g/mol. The first kappa shape index (κ1) is 14.8. The molecule has 0 aliphatic carbocycles. The molecule has 2 N–H and O–H groups in total. The molecule has 2 aromatic rings. The van der Waals surface area contributed by atoms with Crippen LogP contribution in [0.2, 0.25) is 0 Å². The number of anilines is 1. The van der Waals surface area contributed by atoms with E-state index in [9.17, 15) is 4.79 Å². The Morgan fingerprint density at radius 2 is 2.18 bits per heavy atom. The summed E-state index contributed by atoms with van der Waals surface area (Å²) in [6.45, 7) is 5.73. The van der Waals surface area contributed by atoms with E-state index < -0.39 is 0 Å². The van der Waals surface area contributed by atoms with Gasteiger partial charge in [0.25, 0.3) is 0 Å². The Labute approximate surface area is 130 Å². The number of fused-ring (bicyclic) bond motifs is 1. The number of benzene rings is 1. The average Bonchev–Trinajstić information content (AvgIpc) is 3.02. The van der Waals surface area contributed by atoms with Crippen LogP contribution in [0.15, 0.2) is 30.5 Å². The van der Waals surface area contributed by atoms with Gasteiger partial charge >= 0.3 is 0 Å². The monoisotopic (exact) mass is 298 g/mol. The summed E-state index contributed by atoms with van der Waals surface area (Å²) in [5.41, 5.74) is 4.52. The van der Waals surface area contributed by atoms with E-state index >= 15 is 0 Å². The highest BCUT2D eigenvalue weighted by Crippen LogP contribution is 2.19. The van der Waals surface area contributed by atoms with Gasteiger partial charge in [0, 0.05) is 36.5 Å². The van der Waals surface area contributed by atoms with Gasteiger partial charge in [0.2, 0.25) is 5.91 Å². The minimum atomic E-state index is -0.158. The molecule has 116 valence electrons. The molecular weight excluding hydrogens is 276 g/mol. The fourth-order valence-electron chi connectivity index (χ4n) is 2.81. The molecule has 0 saturated heterocycles. The predicted octanol–water partition coefficient (Wildman–Crippen LogP) is 2.36. The van der Waals surface area contributed by atoms with Gasteiger partial charge in [0.15, 0.2) is 0 Å². The van der Waals surface area contributed by atoms with E-state index in [4.69, 9.17) is 0 Å². The Hall–Kier alpha value is -2.14. The number of hydrogen-bond acceptors (Lipinski definition) is 3. The number of H-pyrrole nitrogens is 1. The number of amides is 1. The highest BCUT2D eigenvalue weighted by molar-refractivity contribution is 5.94. The molecule has 1 aliphatic heterocycles. The van der Waals surface area contributed by atoms with Gasteiger partial charge in [0.05, 0.1) is 12.2 Å². The highest BCUT2D eigenvalue weighted by Gasteiger charge is 2.26. The summed E-state index contributed by atoms with van der Waals surface area (Å²) >= 11 is 0. The third-order valence-electron chi connectivity index (χ3n) is 4.39. The Morgan fingerprint density at radius 1 is 1.41 bits per heavy atom. The number of nitrogens with zero attached hydrogens (tertiary/aromatic N) is 2. The number of nitrogens with one attached hydrogen (secondary N) is 2. The van der Waals surface area contributed by atoms with Crippen LogP contribution in [-0.2, 0) is 24.2 Å². The number of aryl methyl sites for hydroxylation is 1. The molecule has 5 nitrogen and oxygen atoms in total. The molecular formula is C17H22N4O. The molecule has 22 heavy (non-hydrogen) atoms. The summed E-state index contributed by atoms with van der Waals surface area (Å²) in [5, 5.41) is 10.1. The molecule has 0 spiro atoms. The topological polar surface area (TPSA) is 61.0 Å². The van der Waals surface area contributed by atoms with Crippen molar-refractivity contribution >= 4 is 11.6 Å². The van der Waals surface area contributed by atoms with E-state index in [0.29, 0.717) is 0 Å². The maximum atomic E-state index is 12.4. The number of aromatic nitrogens is 2. The van der Waals surface area contributed by atoms with Crippen LogP contribution < -0.4 is 5.32 Å². The second kappa shape index (κ2) is 6.32. The SMILES string of the molecule is CCc1ccc(NC(=O)[C@H](C)N2CCc3[nH]ncc3C2)cc1. The number of rotatable bonds is 4. The molecule has 0 unspecified atom stereocenters. The summed E-state index contributed by atoms with van der Waals surface area (Å²) < 4.78 is 0. The first-order valence-electron chi connectivity index (χ1n) is 7.82. The summed E-state index contributed by atoms with van der Waals surface area (Å²) in [6.07, 6.45) is 3.78. The van der Waals surface area contributed by atoms with Crippen LogP contribution in [-0.4, -0.2) is 33.6 Å². The zero-order valence-electron chi connectivity index (χ0n) is 13.1. The fourth-order valence-corrected chi connectivity index (χ4v) is 2.81. The van der Waals surface area contributed by atoms with Gasteiger partial charge in [-0.1, -0.05) is 19.1 Å². The molecule has 5 heteroatoms. The summed E-state index contributed by atoms with van der Waals surface area (Å²) in [4.78, 5) is 14.6. The van der Waals surface area contributed by atoms with Crippen LogP contribution in [0.25, 0.3) is 0 Å². The Balaban J connectivity index is 1.62. The third-order valence-corrected chi connectivity index (χ3v) is 4.39. The van der Waals surface area contributed by atoms with Crippen molar-refractivity contribution in [1.29, 1.82) is 0 Å². The van der Waals surface area contributed by atoms with Gasteiger partial charge < -0.3 is 5.32 Å².